The molecule has 0 saturated heterocycles. The van der Waals surface area contributed by atoms with Gasteiger partial charge >= 0.3 is 6.61 Å². The molecule has 0 radical (unpaired) electrons. The van der Waals surface area contributed by atoms with Crippen molar-refractivity contribution in [1.29, 1.82) is 0 Å². The zero-order chi connectivity index (χ0) is 21.6. The maximum atomic E-state index is 12.3. The Morgan fingerprint density at radius 3 is 2.23 bits per heavy atom. The van der Waals surface area contributed by atoms with Gasteiger partial charge in [-0.25, -0.2) is 0 Å². The molecule has 0 aliphatic heterocycles. The van der Waals surface area contributed by atoms with Crippen molar-refractivity contribution in [3.05, 3.63) is 108 Å². The monoisotopic (exact) mass is 406 g/mol. The molecule has 0 amide bonds. The van der Waals surface area contributed by atoms with Crippen molar-refractivity contribution >= 4 is 5.57 Å². The molecular formula is C27H28F2O. The van der Waals surface area contributed by atoms with E-state index >= 15 is 0 Å². The quantitative estimate of drug-likeness (QED) is 0.355. The van der Waals surface area contributed by atoms with Crippen LogP contribution in [0.25, 0.3) is 5.57 Å². The minimum atomic E-state index is -2.79. The van der Waals surface area contributed by atoms with Crippen molar-refractivity contribution in [2.75, 3.05) is 0 Å². The third-order valence-electron chi connectivity index (χ3n) is 5.53. The first kappa shape index (κ1) is 21.8. The summed E-state index contributed by atoms with van der Waals surface area (Å²) in [5, 5.41) is 0. The number of halogens is 2. The van der Waals surface area contributed by atoms with Gasteiger partial charge in [0.2, 0.25) is 0 Å². The first-order valence-electron chi connectivity index (χ1n) is 10.2. The first-order chi connectivity index (χ1) is 14.3. The van der Waals surface area contributed by atoms with Gasteiger partial charge in [0.25, 0.3) is 0 Å². The van der Waals surface area contributed by atoms with Crippen LogP contribution in [-0.2, 0) is 11.8 Å². The lowest BCUT2D eigenvalue weighted by Gasteiger charge is -2.25. The number of hydrogen-bond donors (Lipinski definition) is 0. The molecule has 0 bridgehead atoms. The molecule has 0 fully saturated rings. The van der Waals surface area contributed by atoms with Gasteiger partial charge in [-0.05, 0) is 64.6 Å². The fourth-order valence-corrected chi connectivity index (χ4v) is 3.69. The number of hydrogen-bond acceptors (Lipinski definition) is 1. The normalized spacial score (nSPS) is 11.5. The van der Waals surface area contributed by atoms with E-state index in [-0.39, 0.29) is 11.2 Å². The van der Waals surface area contributed by atoms with Crippen LogP contribution < -0.4 is 4.74 Å². The highest BCUT2D eigenvalue weighted by Crippen LogP contribution is 2.31. The van der Waals surface area contributed by atoms with E-state index in [0.717, 1.165) is 41.5 Å². The summed E-state index contributed by atoms with van der Waals surface area (Å²) in [7, 11) is 0. The summed E-state index contributed by atoms with van der Waals surface area (Å²) in [6.45, 7) is 5.84. The molecular weight excluding hydrogens is 378 g/mol. The molecule has 0 N–H and O–H groups in total. The molecule has 3 heteroatoms. The van der Waals surface area contributed by atoms with Crippen molar-refractivity contribution in [3.8, 4) is 5.75 Å². The van der Waals surface area contributed by atoms with Crippen molar-refractivity contribution in [2.24, 2.45) is 0 Å². The van der Waals surface area contributed by atoms with Gasteiger partial charge in [0.05, 0.1) is 0 Å². The second-order valence-electron chi connectivity index (χ2n) is 8.19. The fourth-order valence-electron chi connectivity index (χ4n) is 3.69. The third-order valence-corrected chi connectivity index (χ3v) is 5.53. The summed E-state index contributed by atoms with van der Waals surface area (Å²) in [4.78, 5) is 0. The Morgan fingerprint density at radius 1 is 0.900 bits per heavy atom. The summed E-state index contributed by atoms with van der Waals surface area (Å²) >= 11 is 0. The molecule has 0 heterocycles. The van der Waals surface area contributed by atoms with Gasteiger partial charge < -0.3 is 4.74 Å². The van der Waals surface area contributed by atoms with Crippen LogP contribution in [-0.4, -0.2) is 6.61 Å². The zero-order valence-electron chi connectivity index (χ0n) is 17.6. The smallest absolute Gasteiger partial charge is 0.387 e. The Kier molecular flexibility index (Phi) is 7.04. The fraction of sp³-hybridized carbons (Fsp3) is 0.259. The number of benzene rings is 3. The van der Waals surface area contributed by atoms with Gasteiger partial charge in [-0.15, -0.1) is 0 Å². The average Bonchev–Trinajstić information content (AvgIpc) is 2.74. The Hall–Kier alpha value is -2.94. The Balaban J connectivity index is 1.60. The minimum absolute atomic E-state index is 0.0470. The summed E-state index contributed by atoms with van der Waals surface area (Å²) < 4.78 is 29.1. The molecule has 0 aromatic heterocycles. The highest BCUT2D eigenvalue weighted by atomic mass is 19.3. The molecule has 156 valence electrons. The molecule has 3 rings (SSSR count). The van der Waals surface area contributed by atoms with Crippen molar-refractivity contribution in [2.45, 2.75) is 45.1 Å². The molecule has 30 heavy (non-hydrogen) atoms. The van der Waals surface area contributed by atoms with E-state index in [2.05, 4.69) is 61.6 Å². The minimum Gasteiger partial charge on any atom is -0.435 e. The summed E-state index contributed by atoms with van der Waals surface area (Å²) in [5.41, 5.74) is 5.68. The van der Waals surface area contributed by atoms with E-state index in [0.29, 0.717) is 0 Å². The van der Waals surface area contributed by atoms with E-state index < -0.39 is 6.61 Å². The van der Waals surface area contributed by atoms with Gasteiger partial charge in [0.1, 0.15) is 5.75 Å². The van der Waals surface area contributed by atoms with E-state index in [4.69, 9.17) is 0 Å². The number of aryl methyl sites for hydroxylation is 1. The summed E-state index contributed by atoms with van der Waals surface area (Å²) in [5.74, 6) is 0.194. The van der Waals surface area contributed by atoms with Gasteiger partial charge in [-0.1, -0.05) is 87.2 Å². The van der Waals surface area contributed by atoms with Gasteiger partial charge in [-0.3, -0.25) is 0 Å². The lowest BCUT2D eigenvalue weighted by Crippen LogP contribution is -2.17. The second kappa shape index (κ2) is 9.71. The Morgan fingerprint density at radius 2 is 1.57 bits per heavy atom. The number of rotatable bonds is 9. The van der Waals surface area contributed by atoms with Gasteiger partial charge in [-0.2, -0.15) is 8.78 Å². The Bertz CT molecular complexity index is 960. The highest BCUT2D eigenvalue weighted by molar-refractivity contribution is 5.78. The molecule has 3 aromatic carbocycles. The molecule has 0 aliphatic rings. The van der Waals surface area contributed by atoms with Crippen LogP contribution >= 0.6 is 0 Å². The maximum absolute atomic E-state index is 12.3. The van der Waals surface area contributed by atoms with Crippen molar-refractivity contribution < 1.29 is 13.5 Å². The first-order valence-corrected chi connectivity index (χ1v) is 10.2. The largest absolute Gasteiger partial charge is 0.435 e. The van der Waals surface area contributed by atoms with Gasteiger partial charge in [0, 0.05) is 0 Å². The van der Waals surface area contributed by atoms with Crippen LogP contribution in [0.5, 0.6) is 5.75 Å². The molecule has 1 nitrogen and oxygen atoms in total. The predicted molar refractivity (Wildman–Crippen MR) is 120 cm³/mol. The molecule has 0 saturated carbocycles. The molecule has 0 atom stereocenters. The highest BCUT2D eigenvalue weighted by Gasteiger charge is 2.20. The summed E-state index contributed by atoms with van der Waals surface area (Å²) in [6, 6.07) is 25.8. The zero-order valence-corrected chi connectivity index (χ0v) is 17.6. The van der Waals surface area contributed by atoms with E-state index in [1.807, 2.05) is 30.3 Å². The standard InChI is InChI=1S/C27H28F2O/c1-20(22-11-5-4-6-12-22)23-13-7-9-21(19-23)10-8-18-27(2,3)24-14-16-25(17-15-24)30-26(28)29/h4-7,9,11-17,19,26H,1,8,10,18H2,2-3H3. The second-order valence-corrected chi connectivity index (χ2v) is 8.19. The third kappa shape index (κ3) is 5.79. The van der Waals surface area contributed by atoms with E-state index in [1.165, 1.54) is 5.56 Å². The lowest BCUT2D eigenvalue weighted by molar-refractivity contribution is -0.0498. The van der Waals surface area contributed by atoms with Crippen molar-refractivity contribution in [1.82, 2.24) is 0 Å². The van der Waals surface area contributed by atoms with Crippen LogP contribution in [0.1, 0.15) is 48.9 Å². The van der Waals surface area contributed by atoms with Crippen LogP contribution in [0.3, 0.4) is 0 Å². The SMILES string of the molecule is C=C(c1ccccc1)c1cccc(CCCC(C)(C)c2ccc(OC(F)F)cc2)c1. The molecule has 3 aromatic rings. The molecule has 0 spiro atoms. The van der Waals surface area contributed by atoms with Crippen molar-refractivity contribution in [3.63, 3.8) is 0 Å². The van der Waals surface area contributed by atoms with Crippen LogP contribution in [0.15, 0.2) is 85.4 Å². The van der Waals surface area contributed by atoms with Crippen LogP contribution in [0, 0.1) is 0 Å². The topological polar surface area (TPSA) is 9.23 Å². The Labute approximate surface area is 178 Å². The maximum Gasteiger partial charge on any atom is 0.387 e. The van der Waals surface area contributed by atoms with Crippen LogP contribution in [0.4, 0.5) is 8.78 Å². The average molecular weight is 407 g/mol. The van der Waals surface area contributed by atoms with E-state index in [1.54, 1.807) is 12.1 Å². The predicted octanol–water partition coefficient (Wildman–Crippen LogP) is 7.65. The van der Waals surface area contributed by atoms with Gasteiger partial charge in [0.15, 0.2) is 0 Å². The lowest BCUT2D eigenvalue weighted by atomic mass is 9.80. The van der Waals surface area contributed by atoms with Crippen LogP contribution in [0.2, 0.25) is 0 Å². The number of ether oxygens (including phenoxy) is 1. The number of alkyl halides is 2. The molecule has 0 aliphatic carbocycles. The molecule has 0 unspecified atom stereocenters. The van der Waals surface area contributed by atoms with E-state index in [9.17, 15) is 8.78 Å². The summed E-state index contributed by atoms with van der Waals surface area (Å²) in [6.07, 6.45) is 3.00.